The van der Waals surface area contributed by atoms with Crippen LogP contribution in [0.15, 0.2) is 64.2 Å². The van der Waals surface area contributed by atoms with E-state index in [0.717, 1.165) is 17.8 Å². The summed E-state index contributed by atoms with van der Waals surface area (Å²) in [5, 5.41) is 11.3. The quantitative estimate of drug-likeness (QED) is 0.283. The first-order valence-corrected chi connectivity index (χ1v) is 9.00. The van der Waals surface area contributed by atoms with Gasteiger partial charge in [-0.3, -0.25) is 30.6 Å². The molecule has 3 aromatic rings. The molecule has 2 aromatic carbocycles. The monoisotopic (exact) mass is 398 g/mol. The van der Waals surface area contributed by atoms with Crippen molar-refractivity contribution in [1.82, 2.24) is 15.8 Å². The van der Waals surface area contributed by atoms with E-state index >= 15 is 0 Å². The Bertz CT molecular complexity index is 1030. The Morgan fingerprint density at radius 2 is 1.89 bits per heavy atom. The van der Waals surface area contributed by atoms with E-state index in [9.17, 15) is 19.7 Å². The van der Waals surface area contributed by atoms with E-state index in [0.29, 0.717) is 16.3 Å². The normalized spacial score (nSPS) is 10.9. The minimum absolute atomic E-state index is 0.0129. The maximum Gasteiger partial charge on any atom is 0.276 e. The van der Waals surface area contributed by atoms with E-state index in [4.69, 9.17) is 4.42 Å². The first kappa shape index (κ1) is 19.1. The Hall–Kier alpha value is -3.66. The largest absolute Gasteiger partial charge is 0.431 e. The Kier molecular flexibility index (Phi) is 6.02. The fraction of sp³-hybridized carbons (Fsp3) is 0.0556. The Labute approximate surface area is 162 Å². The second kappa shape index (κ2) is 8.82. The smallest absolute Gasteiger partial charge is 0.276 e. The number of para-hydroxylation sites is 3. The van der Waals surface area contributed by atoms with Crippen molar-refractivity contribution in [2.45, 2.75) is 5.22 Å². The molecular weight excluding hydrogens is 384 g/mol. The maximum absolute atomic E-state index is 11.8. The van der Waals surface area contributed by atoms with Crippen molar-refractivity contribution in [3.63, 3.8) is 0 Å². The molecule has 0 aliphatic rings. The number of carbonyl (C=O) groups excluding carboxylic acids is 2. The van der Waals surface area contributed by atoms with E-state index in [1.807, 2.05) is 12.1 Å². The van der Waals surface area contributed by atoms with E-state index < -0.39 is 16.7 Å². The highest BCUT2D eigenvalue weighted by molar-refractivity contribution is 7.99. The Balaban J connectivity index is 1.47. The van der Waals surface area contributed by atoms with E-state index in [1.54, 1.807) is 18.2 Å². The van der Waals surface area contributed by atoms with Gasteiger partial charge >= 0.3 is 0 Å². The van der Waals surface area contributed by atoms with Crippen LogP contribution in [0.3, 0.4) is 0 Å². The van der Waals surface area contributed by atoms with Gasteiger partial charge in [-0.25, -0.2) is 4.98 Å². The lowest BCUT2D eigenvalue weighted by molar-refractivity contribution is -0.385. The van der Waals surface area contributed by atoms with E-state index in [2.05, 4.69) is 15.8 Å². The zero-order chi connectivity index (χ0) is 19.9. The molecule has 1 aromatic heterocycles. The van der Waals surface area contributed by atoms with Crippen LogP contribution >= 0.6 is 11.8 Å². The molecule has 9 nitrogen and oxygen atoms in total. The van der Waals surface area contributed by atoms with Crippen molar-refractivity contribution >= 4 is 46.4 Å². The van der Waals surface area contributed by atoms with Crippen LogP contribution in [0.5, 0.6) is 0 Å². The molecule has 142 valence electrons. The number of rotatable bonds is 6. The molecule has 3 rings (SSSR count). The molecular formula is C18H14N4O5S. The maximum atomic E-state index is 11.8. The van der Waals surface area contributed by atoms with Gasteiger partial charge in [0.05, 0.1) is 16.2 Å². The number of nitrogens with one attached hydrogen (secondary N) is 2. The van der Waals surface area contributed by atoms with E-state index in [1.165, 1.54) is 24.3 Å². The molecule has 2 N–H and O–H groups in total. The van der Waals surface area contributed by atoms with Gasteiger partial charge < -0.3 is 4.42 Å². The Morgan fingerprint density at radius 3 is 2.68 bits per heavy atom. The summed E-state index contributed by atoms with van der Waals surface area (Å²) in [5.74, 6) is -1.10. The first-order valence-electron chi connectivity index (χ1n) is 8.01. The number of nitro benzene ring substituents is 1. The molecule has 0 unspecified atom stereocenters. The highest BCUT2D eigenvalue weighted by atomic mass is 32.2. The molecule has 0 aliphatic heterocycles. The fourth-order valence-electron chi connectivity index (χ4n) is 2.21. The van der Waals surface area contributed by atoms with Gasteiger partial charge in [0.25, 0.3) is 16.8 Å². The summed E-state index contributed by atoms with van der Waals surface area (Å²) in [5.41, 5.74) is 5.93. The zero-order valence-corrected chi connectivity index (χ0v) is 15.1. The molecule has 0 aliphatic carbocycles. The van der Waals surface area contributed by atoms with Gasteiger partial charge in [-0.1, -0.05) is 36.0 Å². The summed E-state index contributed by atoms with van der Waals surface area (Å²) >= 11 is 1.09. The van der Waals surface area contributed by atoms with Crippen molar-refractivity contribution < 1.29 is 18.9 Å². The molecule has 0 spiro atoms. The molecule has 0 radical (unpaired) electrons. The lowest BCUT2D eigenvalue weighted by Crippen LogP contribution is -2.41. The topological polar surface area (TPSA) is 127 Å². The first-order chi connectivity index (χ1) is 13.5. The van der Waals surface area contributed by atoms with Crippen LogP contribution in [-0.2, 0) is 9.59 Å². The molecule has 10 heteroatoms. The summed E-state index contributed by atoms with van der Waals surface area (Å²) in [6.07, 6.45) is 2.39. The van der Waals surface area contributed by atoms with Crippen LogP contribution in [-0.4, -0.2) is 27.5 Å². The van der Waals surface area contributed by atoms with Crippen LogP contribution < -0.4 is 10.9 Å². The van der Waals surface area contributed by atoms with Crippen molar-refractivity contribution in [1.29, 1.82) is 0 Å². The average molecular weight is 398 g/mol. The van der Waals surface area contributed by atoms with Gasteiger partial charge in [-0.15, -0.1) is 0 Å². The third-order valence-electron chi connectivity index (χ3n) is 3.47. The van der Waals surface area contributed by atoms with Crippen LogP contribution in [0.25, 0.3) is 17.2 Å². The summed E-state index contributed by atoms with van der Waals surface area (Å²) < 4.78 is 5.48. The summed E-state index contributed by atoms with van der Waals surface area (Å²) in [6, 6.07) is 13.2. The number of fused-ring (bicyclic) bond motifs is 1. The van der Waals surface area contributed by atoms with Crippen molar-refractivity contribution in [3.8, 4) is 0 Å². The number of thioether (sulfide) groups is 1. The number of nitrogens with zero attached hydrogens (tertiary/aromatic N) is 2. The van der Waals surface area contributed by atoms with Crippen molar-refractivity contribution in [2.24, 2.45) is 0 Å². The lowest BCUT2D eigenvalue weighted by Gasteiger charge is -2.03. The molecule has 0 saturated carbocycles. The minimum Gasteiger partial charge on any atom is -0.431 e. The van der Waals surface area contributed by atoms with Crippen LogP contribution in [0.1, 0.15) is 5.56 Å². The highest BCUT2D eigenvalue weighted by Gasteiger charge is 2.11. The molecule has 2 amide bonds. The number of aromatic nitrogens is 1. The summed E-state index contributed by atoms with van der Waals surface area (Å²) in [6.45, 7) is 0. The number of carbonyl (C=O) groups is 2. The number of benzene rings is 2. The minimum atomic E-state index is -0.627. The average Bonchev–Trinajstić information content (AvgIpc) is 3.12. The number of oxazole rings is 1. The van der Waals surface area contributed by atoms with Gasteiger partial charge in [0.2, 0.25) is 5.91 Å². The SMILES string of the molecule is O=C(/C=C/c1ccccc1[N+](=O)[O-])NNC(=O)CSc1nc2ccccc2o1. The number of hydrazine groups is 1. The standard InChI is InChI=1S/C18H14N4O5S/c23-16(10-9-12-5-1-3-7-14(12)22(25)26)20-21-17(24)11-28-18-19-13-6-2-4-8-15(13)27-18/h1-10H,11H2,(H,20,23)(H,21,24)/b10-9+. The molecule has 0 fully saturated rings. The third-order valence-corrected chi connectivity index (χ3v) is 4.30. The van der Waals surface area contributed by atoms with E-state index in [-0.39, 0.29) is 17.0 Å². The second-order valence-electron chi connectivity index (χ2n) is 5.42. The summed E-state index contributed by atoms with van der Waals surface area (Å²) in [4.78, 5) is 38.2. The summed E-state index contributed by atoms with van der Waals surface area (Å²) in [7, 11) is 0. The van der Waals surface area contributed by atoms with Gasteiger partial charge in [-0.05, 0) is 24.3 Å². The van der Waals surface area contributed by atoms with Crippen LogP contribution in [0.4, 0.5) is 5.69 Å². The predicted octanol–water partition coefficient (Wildman–Crippen LogP) is 2.69. The second-order valence-corrected chi connectivity index (χ2v) is 6.35. The van der Waals surface area contributed by atoms with Gasteiger partial charge in [-0.2, -0.15) is 0 Å². The molecule has 0 atom stereocenters. The fourth-order valence-corrected chi connectivity index (χ4v) is 2.85. The Morgan fingerprint density at radius 1 is 1.14 bits per heavy atom. The number of nitro groups is 1. The third kappa shape index (κ3) is 4.95. The van der Waals surface area contributed by atoms with Gasteiger partial charge in [0.15, 0.2) is 5.58 Å². The van der Waals surface area contributed by atoms with Crippen molar-refractivity contribution in [3.05, 3.63) is 70.3 Å². The number of hydrogen-bond acceptors (Lipinski definition) is 7. The van der Waals surface area contributed by atoms with Gasteiger partial charge in [0.1, 0.15) is 5.52 Å². The number of hydrogen-bond donors (Lipinski definition) is 2. The molecule has 0 bridgehead atoms. The zero-order valence-electron chi connectivity index (χ0n) is 14.3. The molecule has 28 heavy (non-hydrogen) atoms. The van der Waals surface area contributed by atoms with Crippen LogP contribution in [0, 0.1) is 10.1 Å². The van der Waals surface area contributed by atoms with Crippen molar-refractivity contribution in [2.75, 3.05) is 5.75 Å². The highest BCUT2D eigenvalue weighted by Crippen LogP contribution is 2.22. The lowest BCUT2D eigenvalue weighted by atomic mass is 10.1. The van der Waals surface area contributed by atoms with Gasteiger partial charge in [0, 0.05) is 12.1 Å². The predicted molar refractivity (Wildman–Crippen MR) is 103 cm³/mol. The number of amides is 2. The molecule has 1 heterocycles. The molecule has 0 saturated heterocycles. The van der Waals surface area contributed by atoms with Crippen LogP contribution in [0.2, 0.25) is 0 Å².